The van der Waals surface area contributed by atoms with Crippen LogP contribution in [0.1, 0.15) is 32.3 Å². The van der Waals surface area contributed by atoms with Gasteiger partial charge in [-0.15, -0.1) is 24.0 Å². The molecule has 1 aliphatic heterocycles. The molecule has 1 atom stereocenters. The summed E-state index contributed by atoms with van der Waals surface area (Å²) < 4.78 is 0. The van der Waals surface area contributed by atoms with Crippen molar-refractivity contribution < 1.29 is 4.92 Å². The zero-order valence-electron chi connectivity index (χ0n) is 16.1. The van der Waals surface area contributed by atoms with Gasteiger partial charge in [0.25, 0.3) is 5.69 Å². The fourth-order valence-electron chi connectivity index (χ4n) is 3.06. The number of nitrogens with zero attached hydrogens (tertiary/aromatic N) is 3. The smallest absolute Gasteiger partial charge is 0.269 e. The first kappa shape index (κ1) is 23.4. The van der Waals surface area contributed by atoms with Crippen molar-refractivity contribution >= 4 is 35.6 Å². The monoisotopic (exact) mass is 487 g/mol. The first-order valence-corrected chi connectivity index (χ1v) is 9.13. The number of nitro benzene ring substituents is 1. The Bertz CT molecular complexity index is 648. The van der Waals surface area contributed by atoms with E-state index in [9.17, 15) is 10.1 Å². The van der Waals surface area contributed by atoms with Gasteiger partial charge in [-0.05, 0) is 38.4 Å². The molecule has 1 fully saturated rings. The van der Waals surface area contributed by atoms with E-state index in [2.05, 4.69) is 34.0 Å². The fraction of sp³-hybridized carbons (Fsp3) is 0.526. The van der Waals surface area contributed by atoms with E-state index in [4.69, 9.17) is 0 Å². The Labute approximate surface area is 178 Å². The van der Waals surface area contributed by atoms with Gasteiger partial charge in [-0.3, -0.25) is 15.0 Å². The first-order valence-electron chi connectivity index (χ1n) is 9.13. The molecule has 1 aliphatic rings. The van der Waals surface area contributed by atoms with E-state index in [0.717, 1.165) is 36.7 Å². The number of benzene rings is 1. The third kappa shape index (κ3) is 7.84. The first-order chi connectivity index (χ1) is 12.5. The zero-order chi connectivity index (χ0) is 18.9. The van der Waals surface area contributed by atoms with Gasteiger partial charge in [0.2, 0.25) is 0 Å². The Morgan fingerprint density at radius 3 is 2.67 bits per heavy atom. The van der Waals surface area contributed by atoms with Crippen molar-refractivity contribution in [2.45, 2.75) is 39.3 Å². The highest BCUT2D eigenvalue weighted by Crippen LogP contribution is 2.15. The summed E-state index contributed by atoms with van der Waals surface area (Å²) in [4.78, 5) is 17.4. The minimum Gasteiger partial charge on any atom is -0.355 e. The number of hydrogen-bond donors (Lipinski definition) is 2. The lowest BCUT2D eigenvalue weighted by atomic mass is 10.2. The van der Waals surface area contributed by atoms with Gasteiger partial charge in [0.15, 0.2) is 5.96 Å². The van der Waals surface area contributed by atoms with Crippen LogP contribution in [0.5, 0.6) is 0 Å². The molecular weight excluding hydrogens is 457 g/mol. The van der Waals surface area contributed by atoms with Gasteiger partial charge in [0.05, 0.1) is 11.5 Å². The molecule has 1 unspecified atom stereocenters. The molecule has 8 heteroatoms. The quantitative estimate of drug-likeness (QED) is 0.147. The summed E-state index contributed by atoms with van der Waals surface area (Å²) in [7, 11) is 0. The molecule has 0 amide bonds. The van der Waals surface area contributed by atoms with Crippen molar-refractivity contribution in [3.8, 4) is 0 Å². The number of guanidine groups is 1. The van der Waals surface area contributed by atoms with Crippen LogP contribution in [0.2, 0.25) is 0 Å². The van der Waals surface area contributed by atoms with Crippen LogP contribution in [0, 0.1) is 10.1 Å². The predicted octanol–water partition coefficient (Wildman–Crippen LogP) is 3.31. The van der Waals surface area contributed by atoms with E-state index in [-0.39, 0.29) is 29.7 Å². The molecule has 0 spiro atoms. The van der Waals surface area contributed by atoms with Crippen LogP contribution >= 0.6 is 24.0 Å². The molecule has 0 aliphatic carbocycles. The molecule has 1 aromatic rings. The standard InChI is InChI=1S/C19H29N5O2.HI/c1-4-23-11-5-6-18(23)14-22-19(20-12-15(2)3)21-13-16-7-9-17(10-8-16)24(25)26;/h7-10,18H,2,4-6,11-14H2,1,3H3,(H2,20,21,22);1H. The van der Waals surface area contributed by atoms with Gasteiger partial charge in [-0.25, -0.2) is 4.99 Å². The van der Waals surface area contributed by atoms with Gasteiger partial charge in [-0.2, -0.15) is 0 Å². The summed E-state index contributed by atoms with van der Waals surface area (Å²) in [6.07, 6.45) is 2.45. The number of likely N-dealkylation sites (N-methyl/N-ethyl adjacent to an activating group) is 1. The molecule has 2 rings (SSSR count). The van der Waals surface area contributed by atoms with Gasteiger partial charge in [0.1, 0.15) is 0 Å². The van der Waals surface area contributed by atoms with Crippen molar-refractivity contribution in [2.75, 3.05) is 26.2 Å². The lowest BCUT2D eigenvalue weighted by Crippen LogP contribution is -2.45. The third-order valence-electron chi connectivity index (χ3n) is 4.53. The molecule has 0 aromatic heterocycles. The topological polar surface area (TPSA) is 82.8 Å². The van der Waals surface area contributed by atoms with Gasteiger partial charge in [-0.1, -0.05) is 31.2 Å². The number of nitro groups is 1. The largest absolute Gasteiger partial charge is 0.355 e. The zero-order valence-corrected chi connectivity index (χ0v) is 18.4. The average molecular weight is 487 g/mol. The van der Waals surface area contributed by atoms with E-state index < -0.39 is 4.92 Å². The van der Waals surface area contributed by atoms with Crippen LogP contribution in [0.4, 0.5) is 5.69 Å². The summed E-state index contributed by atoms with van der Waals surface area (Å²) in [5, 5.41) is 17.5. The van der Waals surface area contributed by atoms with Crippen LogP contribution in [0.3, 0.4) is 0 Å². The van der Waals surface area contributed by atoms with E-state index in [1.807, 2.05) is 6.92 Å². The Morgan fingerprint density at radius 1 is 1.37 bits per heavy atom. The van der Waals surface area contributed by atoms with E-state index in [1.165, 1.54) is 25.0 Å². The van der Waals surface area contributed by atoms with Crippen LogP contribution in [0.25, 0.3) is 0 Å². The molecule has 0 bridgehead atoms. The molecule has 1 aromatic carbocycles. The maximum atomic E-state index is 10.7. The van der Waals surface area contributed by atoms with Crippen molar-refractivity contribution in [3.05, 3.63) is 52.1 Å². The molecule has 0 radical (unpaired) electrons. The number of aliphatic imine (C=N–C) groups is 1. The van der Waals surface area contributed by atoms with Gasteiger partial charge >= 0.3 is 0 Å². The number of hydrogen-bond acceptors (Lipinski definition) is 4. The molecule has 2 N–H and O–H groups in total. The van der Waals surface area contributed by atoms with Gasteiger partial charge in [0, 0.05) is 31.3 Å². The van der Waals surface area contributed by atoms with Crippen LogP contribution < -0.4 is 10.6 Å². The van der Waals surface area contributed by atoms with Crippen LogP contribution in [-0.4, -0.2) is 48.0 Å². The highest BCUT2D eigenvalue weighted by atomic mass is 127. The van der Waals surface area contributed by atoms with E-state index >= 15 is 0 Å². The Morgan fingerprint density at radius 2 is 2.07 bits per heavy atom. The number of non-ortho nitro benzene ring substituents is 1. The van der Waals surface area contributed by atoms with Crippen molar-refractivity contribution in [3.63, 3.8) is 0 Å². The number of halogens is 1. The Hall–Kier alpha value is -1.68. The van der Waals surface area contributed by atoms with Gasteiger partial charge < -0.3 is 10.6 Å². The number of likely N-dealkylation sites (tertiary alicyclic amines) is 1. The van der Waals surface area contributed by atoms with E-state index in [0.29, 0.717) is 19.1 Å². The maximum absolute atomic E-state index is 10.7. The molecule has 7 nitrogen and oxygen atoms in total. The van der Waals surface area contributed by atoms with Crippen LogP contribution in [-0.2, 0) is 6.54 Å². The summed E-state index contributed by atoms with van der Waals surface area (Å²) in [6.45, 7) is 12.3. The highest BCUT2D eigenvalue weighted by Gasteiger charge is 2.22. The van der Waals surface area contributed by atoms with Crippen LogP contribution in [0.15, 0.2) is 41.4 Å². The third-order valence-corrected chi connectivity index (χ3v) is 4.53. The number of rotatable bonds is 8. The fourth-order valence-corrected chi connectivity index (χ4v) is 3.06. The number of nitrogens with one attached hydrogen (secondary N) is 2. The SMILES string of the molecule is C=C(C)CNC(=NCc1ccc([N+](=O)[O-])cc1)NCC1CCCN1CC.I. The minimum atomic E-state index is -0.393. The molecule has 27 heavy (non-hydrogen) atoms. The molecule has 1 heterocycles. The summed E-state index contributed by atoms with van der Waals surface area (Å²) in [5.74, 6) is 0.745. The second kappa shape index (κ2) is 11.9. The summed E-state index contributed by atoms with van der Waals surface area (Å²) in [5.41, 5.74) is 2.06. The second-order valence-corrected chi connectivity index (χ2v) is 6.70. The molecular formula is C19H30IN5O2. The molecule has 150 valence electrons. The minimum absolute atomic E-state index is 0. The van der Waals surface area contributed by atoms with Crippen molar-refractivity contribution in [1.82, 2.24) is 15.5 Å². The average Bonchev–Trinajstić information content (AvgIpc) is 3.08. The lowest BCUT2D eigenvalue weighted by molar-refractivity contribution is -0.384. The van der Waals surface area contributed by atoms with Crippen molar-refractivity contribution in [2.24, 2.45) is 4.99 Å². The molecule has 0 saturated carbocycles. The maximum Gasteiger partial charge on any atom is 0.269 e. The second-order valence-electron chi connectivity index (χ2n) is 6.70. The Kier molecular flexibility index (Phi) is 10.3. The lowest BCUT2D eigenvalue weighted by Gasteiger charge is -2.24. The van der Waals surface area contributed by atoms with E-state index in [1.54, 1.807) is 12.1 Å². The normalized spacial score (nSPS) is 17.3. The summed E-state index contributed by atoms with van der Waals surface area (Å²) in [6, 6.07) is 7.05. The molecule has 1 saturated heterocycles. The Balaban J connectivity index is 0.00000364. The summed E-state index contributed by atoms with van der Waals surface area (Å²) >= 11 is 0. The highest BCUT2D eigenvalue weighted by molar-refractivity contribution is 14.0. The van der Waals surface area contributed by atoms with Crippen molar-refractivity contribution in [1.29, 1.82) is 0 Å². The predicted molar refractivity (Wildman–Crippen MR) is 121 cm³/mol.